The highest BCUT2D eigenvalue weighted by Crippen LogP contribution is 2.14. The number of hydrogen-bond acceptors (Lipinski definition) is 4. The van der Waals surface area contributed by atoms with Crippen molar-refractivity contribution in [3.63, 3.8) is 0 Å². The molecule has 0 atom stereocenters. The van der Waals surface area contributed by atoms with Gasteiger partial charge in [-0.15, -0.1) is 0 Å². The molecule has 6 heteroatoms. The van der Waals surface area contributed by atoms with Crippen LogP contribution < -0.4 is 5.32 Å². The van der Waals surface area contributed by atoms with E-state index in [0.717, 1.165) is 11.3 Å². The fourth-order valence-corrected chi connectivity index (χ4v) is 2.30. The molecule has 0 fully saturated rings. The van der Waals surface area contributed by atoms with Crippen LogP contribution in [0.2, 0.25) is 0 Å². The third kappa shape index (κ3) is 3.82. The molecular formula is C15H14N2O3S. The van der Waals surface area contributed by atoms with Gasteiger partial charge in [0.05, 0.1) is 0 Å². The number of benzene rings is 1. The summed E-state index contributed by atoms with van der Waals surface area (Å²) in [7, 11) is 0. The molecule has 2 aromatic rings. The van der Waals surface area contributed by atoms with E-state index in [4.69, 9.17) is 5.11 Å². The summed E-state index contributed by atoms with van der Waals surface area (Å²) in [5, 5.41) is 11.6. The molecule has 0 saturated heterocycles. The molecule has 0 radical (unpaired) electrons. The lowest BCUT2D eigenvalue weighted by Gasteiger charge is -2.07. The number of carboxylic acid groups (broad SMARTS) is 1. The molecular weight excluding hydrogens is 288 g/mol. The molecule has 0 aliphatic rings. The second-order valence-electron chi connectivity index (χ2n) is 4.29. The lowest BCUT2D eigenvalue weighted by atomic mass is 10.1. The van der Waals surface area contributed by atoms with Gasteiger partial charge in [0, 0.05) is 17.5 Å². The van der Waals surface area contributed by atoms with Gasteiger partial charge in [0.15, 0.2) is 0 Å². The minimum atomic E-state index is -1.13. The maximum absolute atomic E-state index is 12.1. The van der Waals surface area contributed by atoms with Crippen LogP contribution in [0.1, 0.15) is 26.3 Å². The molecule has 2 N–H and O–H groups in total. The standard InChI is InChI=1S/C15H14N2O3S/c1-21-9-10-4-6-11(7-5-10)14(18)17-13-12(15(19)20)3-2-8-16-13/h2-8H,9H2,1H3,(H,19,20)(H,16,17,18). The van der Waals surface area contributed by atoms with Crippen LogP contribution in [0.3, 0.4) is 0 Å². The normalized spacial score (nSPS) is 10.1. The van der Waals surface area contributed by atoms with Crippen molar-refractivity contribution in [3.8, 4) is 0 Å². The van der Waals surface area contributed by atoms with E-state index in [2.05, 4.69) is 10.3 Å². The third-order valence-corrected chi connectivity index (χ3v) is 3.42. The molecule has 1 heterocycles. The van der Waals surface area contributed by atoms with Crippen molar-refractivity contribution in [2.24, 2.45) is 0 Å². The minimum absolute atomic E-state index is 0.0372. The predicted octanol–water partition coefficient (Wildman–Crippen LogP) is 2.90. The van der Waals surface area contributed by atoms with Gasteiger partial charge in [-0.2, -0.15) is 11.8 Å². The highest BCUT2D eigenvalue weighted by atomic mass is 32.2. The van der Waals surface area contributed by atoms with Gasteiger partial charge in [-0.3, -0.25) is 4.79 Å². The number of nitrogens with zero attached hydrogens (tertiary/aromatic N) is 1. The topological polar surface area (TPSA) is 79.3 Å². The smallest absolute Gasteiger partial charge is 0.339 e. The Morgan fingerprint density at radius 2 is 1.95 bits per heavy atom. The molecule has 0 saturated carbocycles. The summed E-state index contributed by atoms with van der Waals surface area (Å²) >= 11 is 1.70. The van der Waals surface area contributed by atoms with Crippen molar-refractivity contribution in [1.82, 2.24) is 4.98 Å². The zero-order valence-corrected chi connectivity index (χ0v) is 12.2. The fourth-order valence-electron chi connectivity index (χ4n) is 1.78. The first-order chi connectivity index (χ1) is 10.1. The quantitative estimate of drug-likeness (QED) is 0.887. The van der Waals surface area contributed by atoms with Crippen LogP contribution in [0.4, 0.5) is 5.82 Å². The zero-order chi connectivity index (χ0) is 15.2. The maximum Gasteiger partial charge on any atom is 0.339 e. The van der Waals surface area contributed by atoms with E-state index in [-0.39, 0.29) is 17.3 Å². The number of carbonyl (C=O) groups is 2. The van der Waals surface area contributed by atoms with Gasteiger partial charge in [0.1, 0.15) is 11.4 Å². The number of hydrogen-bond donors (Lipinski definition) is 2. The van der Waals surface area contributed by atoms with Crippen LogP contribution in [-0.2, 0) is 5.75 Å². The average molecular weight is 302 g/mol. The Hall–Kier alpha value is -2.34. The Kier molecular flexibility index (Phi) is 4.94. The highest BCUT2D eigenvalue weighted by Gasteiger charge is 2.14. The molecule has 2 rings (SSSR count). The summed E-state index contributed by atoms with van der Waals surface area (Å²) in [5.41, 5.74) is 1.55. The van der Waals surface area contributed by atoms with Gasteiger partial charge in [0.25, 0.3) is 5.91 Å². The van der Waals surface area contributed by atoms with Crippen molar-refractivity contribution in [2.75, 3.05) is 11.6 Å². The maximum atomic E-state index is 12.1. The Labute approximate surface area is 126 Å². The van der Waals surface area contributed by atoms with E-state index in [9.17, 15) is 9.59 Å². The number of rotatable bonds is 5. The Balaban J connectivity index is 2.16. The number of carboxylic acids is 1. The molecule has 21 heavy (non-hydrogen) atoms. The van der Waals surface area contributed by atoms with E-state index < -0.39 is 5.97 Å². The van der Waals surface area contributed by atoms with Gasteiger partial charge < -0.3 is 10.4 Å². The van der Waals surface area contributed by atoms with Crippen molar-refractivity contribution in [3.05, 3.63) is 59.3 Å². The minimum Gasteiger partial charge on any atom is -0.478 e. The first kappa shape index (κ1) is 15.1. The molecule has 0 unspecified atom stereocenters. The summed E-state index contributed by atoms with van der Waals surface area (Å²) in [6.07, 6.45) is 3.44. The predicted molar refractivity (Wildman–Crippen MR) is 82.8 cm³/mol. The molecule has 1 amide bonds. The van der Waals surface area contributed by atoms with Crippen LogP contribution in [-0.4, -0.2) is 28.2 Å². The second-order valence-corrected chi connectivity index (χ2v) is 5.15. The summed E-state index contributed by atoms with van der Waals surface area (Å²) in [6, 6.07) is 10.1. The highest BCUT2D eigenvalue weighted by molar-refractivity contribution is 7.97. The molecule has 0 bridgehead atoms. The second kappa shape index (κ2) is 6.90. The van der Waals surface area contributed by atoms with Crippen LogP contribution in [0.5, 0.6) is 0 Å². The van der Waals surface area contributed by atoms with E-state index in [1.165, 1.54) is 18.3 Å². The van der Waals surface area contributed by atoms with Crippen LogP contribution in [0.25, 0.3) is 0 Å². The van der Waals surface area contributed by atoms with Crippen LogP contribution in [0.15, 0.2) is 42.6 Å². The largest absolute Gasteiger partial charge is 0.478 e. The number of aromatic carboxylic acids is 1. The molecule has 5 nitrogen and oxygen atoms in total. The number of thioether (sulfide) groups is 1. The number of pyridine rings is 1. The Morgan fingerprint density at radius 1 is 1.24 bits per heavy atom. The van der Waals surface area contributed by atoms with Gasteiger partial charge in [-0.25, -0.2) is 9.78 Å². The first-order valence-electron chi connectivity index (χ1n) is 6.19. The lowest BCUT2D eigenvalue weighted by Crippen LogP contribution is -2.16. The number of amides is 1. The molecule has 1 aromatic carbocycles. The van der Waals surface area contributed by atoms with Crippen LogP contribution >= 0.6 is 11.8 Å². The SMILES string of the molecule is CSCc1ccc(C(=O)Nc2ncccc2C(=O)O)cc1. The van der Waals surface area contributed by atoms with Gasteiger partial charge >= 0.3 is 5.97 Å². The van der Waals surface area contributed by atoms with Crippen LogP contribution in [0, 0.1) is 0 Å². The number of anilines is 1. The van der Waals surface area contributed by atoms with Gasteiger partial charge in [-0.05, 0) is 36.1 Å². The number of aromatic nitrogens is 1. The van der Waals surface area contributed by atoms with Crippen molar-refractivity contribution in [2.45, 2.75) is 5.75 Å². The average Bonchev–Trinajstić information content (AvgIpc) is 2.48. The Bertz CT molecular complexity index is 656. The van der Waals surface area contributed by atoms with Crippen molar-refractivity contribution in [1.29, 1.82) is 0 Å². The number of nitrogens with one attached hydrogen (secondary N) is 1. The zero-order valence-electron chi connectivity index (χ0n) is 11.4. The van der Waals surface area contributed by atoms with Gasteiger partial charge in [0.2, 0.25) is 0 Å². The summed E-state index contributed by atoms with van der Waals surface area (Å²) in [5.74, 6) is -0.588. The molecule has 108 valence electrons. The molecule has 1 aromatic heterocycles. The van der Waals surface area contributed by atoms with Crippen molar-refractivity contribution >= 4 is 29.5 Å². The first-order valence-corrected chi connectivity index (χ1v) is 7.58. The molecule has 0 aliphatic heterocycles. The molecule has 0 spiro atoms. The summed E-state index contributed by atoms with van der Waals surface area (Å²) in [6.45, 7) is 0. The van der Waals surface area contributed by atoms with Gasteiger partial charge in [-0.1, -0.05) is 12.1 Å². The van der Waals surface area contributed by atoms with E-state index in [1.807, 2.05) is 18.4 Å². The molecule has 0 aliphatic carbocycles. The van der Waals surface area contributed by atoms with Crippen molar-refractivity contribution < 1.29 is 14.7 Å². The van der Waals surface area contributed by atoms with E-state index in [0.29, 0.717) is 5.56 Å². The fraction of sp³-hybridized carbons (Fsp3) is 0.133. The lowest BCUT2D eigenvalue weighted by molar-refractivity contribution is 0.0697. The van der Waals surface area contributed by atoms with E-state index >= 15 is 0 Å². The number of carbonyl (C=O) groups excluding carboxylic acids is 1. The summed E-state index contributed by atoms with van der Waals surface area (Å²) in [4.78, 5) is 27.1. The summed E-state index contributed by atoms with van der Waals surface area (Å²) < 4.78 is 0. The van der Waals surface area contributed by atoms with E-state index in [1.54, 1.807) is 23.9 Å². The third-order valence-electron chi connectivity index (χ3n) is 2.80. The monoisotopic (exact) mass is 302 g/mol. The Morgan fingerprint density at radius 3 is 2.57 bits per heavy atom.